The van der Waals surface area contributed by atoms with Crippen molar-refractivity contribution in [2.45, 2.75) is 31.6 Å². The Balaban J connectivity index is 1.64. The molecular formula is C23H29N3O2S. The van der Waals surface area contributed by atoms with E-state index in [1.54, 1.807) is 0 Å². The first-order chi connectivity index (χ1) is 14.1. The van der Waals surface area contributed by atoms with E-state index in [9.17, 15) is 9.59 Å². The van der Waals surface area contributed by atoms with Gasteiger partial charge in [0.15, 0.2) is 0 Å². The number of rotatable bonds is 8. The number of carbonyl (C=O) groups excluding carboxylic acids is 2. The zero-order valence-electron chi connectivity index (χ0n) is 17.2. The van der Waals surface area contributed by atoms with Gasteiger partial charge < -0.3 is 15.1 Å². The third-order valence-corrected chi connectivity index (χ3v) is 6.25. The Morgan fingerprint density at radius 1 is 1.00 bits per heavy atom. The maximum absolute atomic E-state index is 12.8. The smallest absolute Gasteiger partial charge is 0.256 e. The van der Waals surface area contributed by atoms with Gasteiger partial charge in [0, 0.05) is 42.4 Å². The van der Waals surface area contributed by atoms with E-state index >= 15 is 0 Å². The molecule has 5 nitrogen and oxygen atoms in total. The highest BCUT2D eigenvalue weighted by atomic mass is 32.2. The van der Waals surface area contributed by atoms with Crippen molar-refractivity contribution >= 4 is 35.0 Å². The second-order valence-electron chi connectivity index (χ2n) is 7.05. The minimum atomic E-state index is -0.155. The topological polar surface area (TPSA) is 52.7 Å². The molecule has 1 aliphatic rings. The molecule has 154 valence electrons. The largest absolute Gasteiger partial charge is 0.372 e. The van der Waals surface area contributed by atoms with Crippen molar-refractivity contribution in [1.82, 2.24) is 4.90 Å². The lowest BCUT2D eigenvalue weighted by Gasteiger charge is -2.21. The van der Waals surface area contributed by atoms with Crippen LogP contribution < -0.4 is 10.2 Å². The van der Waals surface area contributed by atoms with Gasteiger partial charge in [0.05, 0.1) is 11.3 Å². The molecule has 0 atom stereocenters. The molecule has 0 aliphatic carbocycles. The number of hydrogen-bond donors (Lipinski definition) is 1. The number of carbonyl (C=O) groups is 2. The van der Waals surface area contributed by atoms with Crippen LogP contribution in [0, 0.1) is 0 Å². The third-order valence-electron chi connectivity index (χ3n) is 5.20. The van der Waals surface area contributed by atoms with Gasteiger partial charge >= 0.3 is 0 Å². The molecule has 0 aromatic heterocycles. The summed E-state index contributed by atoms with van der Waals surface area (Å²) in [4.78, 5) is 30.2. The van der Waals surface area contributed by atoms with E-state index < -0.39 is 0 Å². The Kier molecular flexibility index (Phi) is 7.58. The van der Waals surface area contributed by atoms with Crippen LogP contribution in [-0.2, 0) is 4.79 Å². The quantitative estimate of drug-likeness (QED) is 0.650. The van der Waals surface area contributed by atoms with Crippen molar-refractivity contribution in [3.63, 3.8) is 0 Å². The summed E-state index contributed by atoms with van der Waals surface area (Å²) in [7, 11) is 0. The van der Waals surface area contributed by atoms with Gasteiger partial charge in [-0.3, -0.25) is 9.59 Å². The van der Waals surface area contributed by atoms with Crippen LogP contribution in [0.5, 0.6) is 0 Å². The van der Waals surface area contributed by atoms with Gasteiger partial charge in [-0.25, -0.2) is 0 Å². The molecule has 2 aromatic carbocycles. The number of hydrogen-bond acceptors (Lipinski definition) is 4. The molecule has 0 bridgehead atoms. The minimum Gasteiger partial charge on any atom is -0.372 e. The molecule has 0 radical (unpaired) electrons. The van der Waals surface area contributed by atoms with Crippen molar-refractivity contribution in [1.29, 1.82) is 0 Å². The average molecular weight is 412 g/mol. The number of likely N-dealkylation sites (tertiary alicyclic amines) is 1. The molecule has 1 aliphatic heterocycles. The molecule has 1 fully saturated rings. The fourth-order valence-corrected chi connectivity index (χ4v) is 4.47. The maximum atomic E-state index is 12.8. The molecule has 0 unspecified atom stereocenters. The summed E-state index contributed by atoms with van der Waals surface area (Å²) in [5, 5.41) is 2.98. The Morgan fingerprint density at radius 2 is 1.66 bits per heavy atom. The molecule has 6 heteroatoms. The Labute approximate surface area is 177 Å². The number of nitrogens with zero attached hydrogens (tertiary/aromatic N) is 2. The summed E-state index contributed by atoms with van der Waals surface area (Å²) in [6, 6.07) is 15.4. The molecule has 2 amide bonds. The van der Waals surface area contributed by atoms with Gasteiger partial charge in [0.1, 0.15) is 0 Å². The monoisotopic (exact) mass is 411 g/mol. The van der Waals surface area contributed by atoms with Crippen LogP contribution >= 0.6 is 11.8 Å². The first kappa shape index (κ1) is 21.2. The lowest BCUT2D eigenvalue weighted by atomic mass is 10.2. The molecule has 1 heterocycles. The van der Waals surface area contributed by atoms with Crippen molar-refractivity contribution in [3.05, 3.63) is 54.1 Å². The number of benzene rings is 2. The lowest BCUT2D eigenvalue weighted by Crippen LogP contribution is -2.29. The van der Waals surface area contributed by atoms with Crippen LogP contribution in [-0.4, -0.2) is 48.6 Å². The molecule has 3 rings (SSSR count). The first-order valence-corrected chi connectivity index (χ1v) is 11.3. The first-order valence-electron chi connectivity index (χ1n) is 10.3. The molecular weight excluding hydrogens is 382 g/mol. The fraction of sp³-hybridized carbons (Fsp3) is 0.391. The van der Waals surface area contributed by atoms with E-state index in [1.165, 1.54) is 11.8 Å². The summed E-state index contributed by atoms with van der Waals surface area (Å²) in [5.74, 6) is 0.357. The van der Waals surface area contributed by atoms with Crippen LogP contribution in [0.25, 0.3) is 0 Å². The van der Waals surface area contributed by atoms with Crippen LogP contribution in [0.3, 0.4) is 0 Å². The molecule has 0 spiro atoms. The third kappa shape index (κ3) is 5.54. The van der Waals surface area contributed by atoms with Crippen LogP contribution in [0.2, 0.25) is 0 Å². The average Bonchev–Trinajstić information content (AvgIpc) is 3.29. The van der Waals surface area contributed by atoms with Gasteiger partial charge in [0.25, 0.3) is 5.91 Å². The zero-order chi connectivity index (χ0) is 20.6. The highest BCUT2D eigenvalue weighted by Gasteiger charge is 2.19. The number of thioether (sulfide) groups is 1. The minimum absolute atomic E-state index is 0.148. The molecule has 1 saturated heterocycles. The summed E-state index contributed by atoms with van der Waals surface area (Å²) in [6.07, 6.45) is 2.17. The number of anilines is 2. The highest BCUT2D eigenvalue weighted by Crippen LogP contribution is 2.25. The van der Waals surface area contributed by atoms with E-state index in [0.29, 0.717) is 11.3 Å². The van der Waals surface area contributed by atoms with Crippen molar-refractivity contribution < 1.29 is 9.59 Å². The fourth-order valence-electron chi connectivity index (χ4n) is 3.52. The predicted molar refractivity (Wildman–Crippen MR) is 121 cm³/mol. The summed E-state index contributed by atoms with van der Waals surface area (Å²) in [5.41, 5.74) is 2.50. The predicted octanol–water partition coefficient (Wildman–Crippen LogP) is 4.50. The van der Waals surface area contributed by atoms with E-state index in [1.807, 2.05) is 53.4 Å². The Morgan fingerprint density at radius 3 is 2.31 bits per heavy atom. The lowest BCUT2D eigenvalue weighted by molar-refractivity contribution is -0.127. The van der Waals surface area contributed by atoms with E-state index in [4.69, 9.17) is 0 Å². The maximum Gasteiger partial charge on any atom is 0.256 e. The zero-order valence-corrected chi connectivity index (χ0v) is 18.0. The summed E-state index contributed by atoms with van der Waals surface area (Å²) < 4.78 is 0. The van der Waals surface area contributed by atoms with Crippen LogP contribution in [0.1, 0.15) is 37.0 Å². The molecule has 2 aromatic rings. The summed E-state index contributed by atoms with van der Waals surface area (Å²) >= 11 is 1.43. The van der Waals surface area contributed by atoms with E-state index in [0.717, 1.165) is 55.3 Å². The van der Waals surface area contributed by atoms with E-state index in [-0.39, 0.29) is 11.8 Å². The Bertz CT molecular complexity index is 828. The van der Waals surface area contributed by atoms with Crippen molar-refractivity contribution in [3.8, 4) is 0 Å². The molecule has 29 heavy (non-hydrogen) atoms. The van der Waals surface area contributed by atoms with Crippen LogP contribution in [0.15, 0.2) is 53.4 Å². The van der Waals surface area contributed by atoms with Crippen molar-refractivity contribution in [2.24, 2.45) is 0 Å². The van der Waals surface area contributed by atoms with Crippen molar-refractivity contribution in [2.75, 3.05) is 42.1 Å². The standard InChI is InChI=1S/C23H29N3O2S/c1-3-25(4-2)19-13-11-18(12-14-19)24-23(28)20-9-5-6-10-21(20)29-17-22(27)26-15-7-8-16-26/h5-6,9-14H,3-4,7-8,15-17H2,1-2H3,(H,24,28). The van der Waals surface area contributed by atoms with Gasteiger partial charge in [-0.1, -0.05) is 12.1 Å². The summed E-state index contributed by atoms with van der Waals surface area (Å²) in [6.45, 7) is 7.85. The highest BCUT2D eigenvalue weighted by molar-refractivity contribution is 8.00. The van der Waals surface area contributed by atoms with Gasteiger partial charge in [-0.15, -0.1) is 11.8 Å². The number of amides is 2. The van der Waals surface area contributed by atoms with E-state index in [2.05, 4.69) is 24.1 Å². The van der Waals surface area contributed by atoms with Gasteiger partial charge in [-0.05, 0) is 63.1 Å². The van der Waals surface area contributed by atoms with Gasteiger partial charge in [0.2, 0.25) is 5.91 Å². The Hall–Kier alpha value is -2.47. The van der Waals surface area contributed by atoms with Gasteiger partial charge in [-0.2, -0.15) is 0 Å². The SMILES string of the molecule is CCN(CC)c1ccc(NC(=O)c2ccccc2SCC(=O)N2CCCC2)cc1. The van der Waals surface area contributed by atoms with Crippen LogP contribution in [0.4, 0.5) is 11.4 Å². The normalized spacial score (nSPS) is 13.4. The number of nitrogens with one attached hydrogen (secondary N) is 1. The molecule has 0 saturated carbocycles. The second-order valence-corrected chi connectivity index (χ2v) is 8.06. The molecule has 1 N–H and O–H groups in total. The second kappa shape index (κ2) is 10.3.